The second-order valence-corrected chi connectivity index (χ2v) is 8.05. The van der Waals surface area contributed by atoms with E-state index in [1.165, 1.54) is 4.90 Å². The molecule has 2 fully saturated rings. The summed E-state index contributed by atoms with van der Waals surface area (Å²) in [5.74, 6) is -1.58. The molecule has 13 heteroatoms. The lowest BCUT2D eigenvalue weighted by Gasteiger charge is -2.45. The Morgan fingerprint density at radius 2 is 2.03 bits per heavy atom. The first kappa shape index (κ1) is 20.0. The number of fused-ring (bicyclic) bond motifs is 1. The molecule has 2 aromatic rings. The summed E-state index contributed by atoms with van der Waals surface area (Å²) in [5, 5.41) is 2.49. The maximum Gasteiger partial charge on any atom is 0.573 e. The number of nitrogens with zero attached hydrogens (tertiary/aromatic N) is 1. The van der Waals surface area contributed by atoms with E-state index in [4.69, 9.17) is 16.3 Å². The highest BCUT2D eigenvalue weighted by Crippen LogP contribution is 2.43. The second kappa shape index (κ2) is 6.59. The number of thiophene rings is 1. The molecule has 156 valence electrons. The SMILES string of the molecule is O=C1NC2(CO1)CN(C(=O)c1sc3cc(OC(F)(F)F)c(C(F)F)cc3c1Cl)C2. The number of benzene rings is 1. The molecule has 0 atom stereocenters. The number of halogens is 6. The van der Waals surface area contributed by atoms with Crippen molar-refractivity contribution in [3.05, 3.63) is 27.6 Å². The molecular formula is C16H10ClF5N2O4S. The van der Waals surface area contributed by atoms with E-state index < -0.39 is 41.6 Å². The predicted molar refractivity (Wildman–Crippen MR) is 91.6 cm³/mol. The quantitative estimate of drug-likeness (QED) is 0.698. The number of hydrogen-bond acceptors (Lipinski definition) is 5. The van der Waals surface area contributed by atoms with Crippen molar-refractivity contribution >= 4 is 45.0 Å². The third kappa shape index (κ3) is 3.54. The summed E-state index contributed by atoms with van der Waals surface area (Å²) in [6, 6.07) is 1.58. The monoisotopic (exact) mass is 456 g/mol. The van der Waals surface area contributed by atoms with Gasteiger partial charge < -0.3 is 19.7 Å². The molecule has 6 nitrogen and oxygen atoms in total. The molecule has 1 aromatic heterocycles. The fraction of sp³-hybridized carbons (Fsp3) is 0.375. The van der Waals surface area contributed by atoms with Crippen molar-refractivity contribution in [2.24, 2.45) is 0 Å². The lowest BCUT2D eigenvalue weighted by molar-refractivity contribution is -0.275. The standard InChI is InChI=1S/C16H10ClF5N2O4S/c17-10-7-1-6(12(18)19)8(28-16(20,21)22)2-9(7)29-11(10)13(25)24-3-15(4-24)5-27-14(26)23-15/h1-2,12H,3-5H2,(H,23,26). The minimum atomic E-state index is -5.16. The van der Waals surface area contributed by atoms with Gasteiger partial charge in [0.15, 0.2) is 0 Å². The Labute approximate surface area is 168 Å². The zero-order valence-corrected chi connectivity index (χ0v) is 15.7. The van der Waals surface area contributed by atoms with E-state index in [0.29, 0.717) is 0 Å². The molecule has 2 amide bonds. The average molecular weight is 457 g/mol. The number of cyclic esters (lactones) is 1. The van der Waals surface area contributed by atoms with Crippen LogP contribution < -0.4 is 10.1 Å². The molecule has 2 aliphatic rings. The molecule has 0 radical (unpaired) electrons. The van der Waals surface area contributed by atoms with E-state index in [-0.39, 0.29) is 39.7 Å². The number of ether oxygens (including phenoxy) is 2. The van der Waals surface area contributed by atoms with Gasteiger partial charge in [0, 0.05) is 23.2 Å². The molecule has 2 aliphatic heterocycles. The van der Waals surface area contributed by atoms with Gasteiger partial charge in [-0.05, 0) is 12.1 Å². The molecule has 2 saturated heterocycles. The van der Waals surface area contributed by atoms with E-state index in [1.54, 1.807) is 0 Å². The third-order valence-electron chi connectivity index (χ3n) is 4.54. The van der Waals surface area contributed by atoms with Crippen LogP contribution in [0.25, 0.3) is 10.1 Å². The second-order valence-electron chi connectivity index (χ2n) is 6.62. The van der Waals surface area contributed by atoms with Crippen molar-refractivity contribution in [2.75, 3.05) is 19.7 Å². The van der Waals surface area contributed by atoms with Gasteiger partial charge in [0.25, 0.3) is 12.3 Å². The van der Waals surface area contributed by atoms with Gasteiger partial charge in [0.05, 0.1) is 10.6 Å². The summed E-state index contributed by atoms with van der Waals surface area (Å²) in [7, 11) is 0. The number of alkyl carbamates (subject to hydrolysis) is 1. The molecule has 29 heavy (non-hydrogen) atoms. The van der Waals surface area contributed by atoms with Crippen LogP contribution in [0.4, 0.5) is 26.7 Å². The summed E-state index contributed by atoms with van der Waals surface area (Å²) in [4.78, 5) is 25.2. The van der Waals surface area contributed by atoms with Crippen LogP contribution in [-0.2, 0) is 4.74 Å². The van der Waals surface area contributed by atoms with Crippen molar-refractivity contribution in [3.8, 4) is 5.75 Å². The van der Waals surface area contributed by atoms with Gasteiger partial charge in [0.2, 0.25) is 0 Å². The van der Waals surface area contributed by atoms with Crippen molar-refractivity contribution in [3.63, 3.8) is 0 Å². The lowest BCUT2D eigenvalue weighted by Crippen LogP contribution is -2.69. The van der Waals surface area contributed by atoms with Crippen molar-refractivity contribution in [2.45, 2.75) is 18.3 Å². The summed E-state index contributed by atoms with van der Waals surface area (Å²) >= 11 is 6.94. The molecule has 1 spiro atoms. The van der Waals surface area contributed by atoms with Gasteiger partial charge in [-0.2, -0.15) is 0 Å². The van der Waals surface area contributed by atoms with Crippen molar-refractivity contribution < 1.29 is 41.0 Å². The fourth-order valence-electron chi connectivity index (χ4n) is 3.27. The van der Waals surface area contributed by atoms with Gasteiger partial charge in [0.1, 0.15) is 22.8 Å². The molecule has 0 bridgehead atoms. The Morgan fingerprint density at radius 1 is 1.34 bits per heavy atom. The van der Waals surface area contributed by atoms with Gasteiger partial charge in [-0.25, -0.2) is 13.6 Å². The number of hydrogen-bond donors (Lipinski definition) is 1. The summed E-state index contributed by atoms with van der Waals surface area (Å²) < 4.78 is 72.6. The lowest BCUT2D eigenvalue weighted by atomic mass is 9.91. The van der Waals surface area contributed by atoms with Crippen LogP contribution >= 0.6 is 22.9 Å². The molecule has 0 unspecified atom stereocenters. The predicted octanol–water partition coefficient (Wildman–Crippen LogP) is 4.33. The smallest absolute Gasteiger partial charge is 0.447 e. The number of alkyl halides is 5. The molecule has 0 aliphatic carbocycles. The topological polar surface area (TPSA) is 67.9 Å². The minimum Gasteiger partial charge on any atom is -0.447 e. The fourth-order valence-corrected chi connectivity index (χ4v) is 4.75. The molecular weight excluding hydrogens is 447 g/mol. The van der Waals surface area contributed by atoms with Crippen molar-refractivity contribution in [1.82, 2.24) is 10.2 Å². The van der Waals surface area contributed by atoms with Gasteiger partial charge in [-0.15, -0.1) is 24.5 Å². The number of nitrogens with one attached hydrogen (secondary N) is 1. The van der Waals surface area contributed by atoms with E-state index in [2.05, 4.69) is 10.1 Å². The number of likely N-dealkylation sites (tertiary alicyclic amines) is 1. The summed E-state index contributed by atoms with van der Waals surface area (Å²) in [6.45, 7) is 0.422. The van der Waals surface area contributed by atoms with Crippen LogP contribution in [0, 0.1) is 0 Å². The largest absolute Gasteiger partial charge is 0.573 e. The van der Waals surface area contributed by atoms with E-state index >= 15 is 0 Å². The van der Waals surface area contributed by atoms with Crippen LogP contribution in [0.15, 0.2) is 12.1 Å². The van der Waals surface area contributed by atoms with Crippen LogP contribution in [0.2, 0.25) is 5.02 Å². The Bertz CT molecular complexity index is 1020. The number of carbonyl (C=O) groups is 2. The summed E-state index contributed by atoms with van der Waals surface area (Å²) in [5.41, 5.74) is -1.66. The van der Waals surface area contributed by atoms with Crippen LogP contribution in [-0.4, -0.2) is 48.5 Å². The zero-order chi connectivity index (χ0) is 21.1. The molecule has 1 N–H and O–H groups in total. The maximum atomic E-state index is 13.2. The first-order valence-corrected chi connectivity index (χ1v) is 9.21. The van der Waals surface area contributed by atoms with E-state index in [0.717, 1.165) is 23.5 Å². The Morgan fingerprint density at radius 3 is 2.59 bits per heavy atom. The van der Waals surface area contributed by atoms with E-state index in [1.807, 2.05) is 0 Å². The van der Waals surface area contributed by atoms with Crippen molar-refractivity contribution in [1.29, 1.82) is 0 Å². The van der Waals surface area contributed by atoms with Crippen LogP contribution in [0.1, 0.15) is 21.7 Å². The van der Waals surface area contributed by atoms with Gasteiger partial charge in [-0.3, -0.25) is 4.79 Å². The number of amides is 2. The summed E-state index contributed by atoms with van der Waals surface area (Å²) in [6.07, 6.45) is -8.99. The number of rotatable bonds is 3. The Kier molecular flexibility index (Phi) is 4.53. The molecule has 4 rings (SSSR count). The normalized spacial score (nSPS) is 18.2. The highest BCUT2D eigenvalue weighted by Gasteiger charge is 2.51. The Balaban J connectivity index is 1.65. The average Bonchev–Trinajstić information content (AvgIpc) is 3.11. The maximum absolute atomic E-state index is 13.2. The van der Waals surface area contributed by atoms with Crippen LogP contribution in [0.3, 0.4) is 0 Å². The molecule has 0 saturated carbocycles. The van der Waals surface area contributed by atoms with Gasteiger partial charge >= 0.3 is 12.5 Å². The third-order valence-corrected chi connectivity index (χ3v) is 6.18. The van der Waals surface area contributed by atoms with Crippen LogP contribution in [0.5, 0.6) is 5.75 Å². The highest BCUT2D eigenvalue weighted by molar-refractivity contribution is 7.21. The molecule has 3 heterocycles. The minimum absolute atomic E-state index is 0.00821. The first-order valence-electron chi connectivity index (χ1n) is 8.02. The highest BCUT2D eigenvalue weighted by atomic mass is 35.5. The van der Waals surface area contributed by atoms with Gasteiger partial charge in [-0.1, -0.05) is 11.6 Å². The zero-order valence-electron chi connectivity index (χ0n) is 14.1. The molecule has 1 aromatic carbocycles. The Hall–Kier alpha value is -2.34. The first-order chi connectivity index (χ1) is 13.5. The van der Waals surface area contributed by atoms with E-state index in [9.17, 15) is 31.5 Å². The number of carbonyl (C=O) groups excluding carboxylic acids is 2.